The van der Waals surface area contributed by atoms with Crippen LogP contribution in [-0.2, 0) is 6.54 Å². The Hall–Kier alpha value is -3.86. The van der Waals surface area contributed by atoms with E-state index in [1.165, 1.54) is 11.3 Å². The highest BCUT2D eigenvalue weighted by Gasteiger charge is 2.26. The van der Waals surface area contributed by atoms with Crippen molar-refractivity contribution < 1.29 is 0 Å². The van der Waals surface area contributed by atoms with E-state index in [9.17, 15) is 0 Å². The number of fused-ring (bicyclic) bond motifs is 1. The first-order valence-electron chi connectivity index (χ1n) is 15.9. The van der Waals surface area contributed by atoms with E-state index in [4.69, 9.17) is 33.2 Å². The topological polar surface area (TPSA) is 38.7 Å². The smallest absolute Gasteiger partial charge is 0.145 e. The maximum atomic E-state index is 6.25. The average Bonchev–Trinajstić information content (AvgIpc) is 3.12. The molecule has 6 nitrogen and oxygen atoms in total. The molecule has 2 aliphatic heterocycles. The zero-order chi connectivity index (χ0) is 32.3. The first kappa shape index (κ1) is 33.5. The van der Waals surface area contributed by atoms with E-state index in [1.54, 1.807) is 0 Å². The van der Waals surface area contributed by atoms with Crippen molar-refractivity contribution in [3.63, 3.8) is 0 Å². The van der Waals surface area contributed by atoms with Crippen molar-refractivity contribution in [2.45, 2.75) is 25.9 Å². The number of anilines is 2. The lowest BCUT2D eigenvalue weighted by Crippen LogP contribution is -2.48. The van der Waals surface area contributed by atoms with E-state index in [1.807, 2.05) is 31.2 Å². The van der Waals surface area contributed by atoms with Gasteiger partial charge in [-0.3, -0.25) is 9.80 Å². The molecular formula is C38H42Cl2N6. The molecule has 46 heavy (non-hydrogen) atoms. The summed E-state index contributed by atoms with van der Waals surface area (Å²) in [6, 6.07) is 27.7. The van der Waals surface area contributed by atoms with Crippen molar-refractivity contribution >= 4 is 45.6 Å². The Morgan fingerprint density at radius 2 is 1.46 bits per heavy atom. The zero-order valence-electron chi connectivity index (χ0n) is 26.5. The lowest BCUT2D eigenvalue weighted by molar-refractivity contribution is 0.0907. The van der Waals surface area contributed by atoms with Crippen molar-refractivity contribution in [2.75, 3.05) is 62.2 Å². The molecule has 0 radical (unpaired) electrons. The van der Waals surface area contributed by atoms with Crippen LogP contribution in [0.4, 0.5) is 11.5 Å². The number of nitrogens with zero attached hydrogens (tertiary/aromatic N) is 6. The third kappa shape index (κ3) is 8.48. The second-order valence-electron chi connectivity index (χ2n) is 11.5. The Bertz CT molecular complexity index is 1620. The van der Waals surface area contributed by atoms with Crippen LogP contribution in [0.1, 0.15) is 30.8 Å². The molecule has 0 saturated carbocycles. The van der Waals surface area contributed by atoms with E-state index in [-0.39, 0.29) is 6.04 Å². The molecule has 2 aliphatic rings. The summed E-state index contributed by atoms with van der Waals surface area (Å²) in [5.74, 6) is 1.96. The van der Waals surface area contributed by atoms with Gasteiger partial charge in [-0.25, -0.2) is 9.97 Å². The van der Waals surface area contributed by atoms with Gasteiger partial charge in [0.15, 0.2) is 0 Å². The fourth-order valence-electron chi connectivity index (χ4n) is 6.25. The molecular weight excluding hydrogens is 611 g/mol. The van der Waals surface area contributed by atoms with E-state index >= 15 is 0 Å². The number of allylic oxidation sites excluding steroid dienone is 3. The standard InChI is InChI=1S/C36H40Cl2N6.C2H2/c1-2-29(37)9-8-14-34(28-15-17-30(38)18-16-28)43-21-19-41(20-22-43)27-35-39-33-13-7-6-12-32(33)36(40-35)44-25-23-42(24-26-44)31-10-4-3-5-11-31;1-2/h2-13,15-18,34H,14,19-27H2,1H3;1-2H/b9-8-,29-2+;. The molecule has 0 amide bonds. The van der Waals surface area contributed by atoms with Gasteiger partial charge in [-0.15, -0.1) is 12.8 Å². The molecule has 0 aliphatic carbocycles. The quantitative estimate of drug-likeness (QED) is 0.136. The molecule has 1 unspecified atom stereocenters. The molecule has 1 atom stereocenters. The van der Waals surface area contributed by atoms with Crippen LogP contribution in [0.15, 0.2) is 102 Å². The summed E-state index contributed by atoms with van der Waals surface area (Å²) in [6.07, 6.45) is 15.0. The lowest BCUT2D eigenvalue weighted by atomic mass is 10.0. The van der Waals surface area contributed by atoms with Crippen molar-refractivity contribution in [3.8, 4) is 12.8 Å². The Morgan fingerprint density at radius 3 is 2.15 bits per heavy atom. The molecule has 3 aromatic carbocycles. The second kappa shape index (κ2) is 16.6. The molecule has 8 heteroatoms. The van der Waals surface area contributed by atoms with E-state index in [2.05, 4.69) is 105 Å². The highest BCUT2D eigenvalue weighted by Crippen LogP contribution is 2.29. The summed E-state index contributed by atoms with van der Waals surface area (Å²) in [4.78, 5) is 20.2. The van der Waals surface area contributed by atoms with Gasteiger partial charge in [-0.05, 0) is 61.4 Å². The van der Waals surface area contributed by atoms with E-state index in [0.717, 1.165) is 97.9 Å². The van der Waals surface area contributed by atoms with Gasteiger partial charge in [-0.2, -0.15) is 0 Å². The van der Waals surface area contributed by atoms with Crippen LogP contribution >= 0.6 is 23.2 Å². The van der Waals surface area contributed by atoms with Gasteiger partial charge in [0.1, 0.15) is 11.6 Å². The van der Waals surface area contributed by atoms with Crippen LogP contribution in [-0.4, -0.2) is 72.1 Å². The number of hydrogen-bond acceptors (Lipinski definition) is 6. The highest BCUT2D eigenvalue weighted by molar-refractivity contribution is 6.31. The third-order valence-electron chi connectivity index (χ3n) is 8.71. The Morgan fingerprint density at radius 1 is 0.804 bits per heavy atom. The van der Waals surface area contributed by atoms with Crippen LogP contribution in [0.25, 0.3) is 10.9 Å². The molecule has 4 aromatic rings. The fourth-order valence-corrected chi connectivity index (χ4v) is 6.47. The zero-order valence-corrected chi connectivity index (χ0v) is 28.0. The predicted octanol–water partition coefficient (Wildman–Crippen LogP) is 7.81. The summed E-state index contributed by atoms with van der Waals surface area (Å²) in [7, 11) is 0. The molecule has 6 rings (SSSR count). The van der Waals surface area contributed by atoms with Gasteiger partial charge in [0.05, 0.1) is 12.1 Å². The van der Waals surface area contributed by atoms with E-state index < -0.39 is 0 Å². The molecule has 0 bridgehead atoms. The Kier molecular flexibility index (Phi) is 12.1. The van der Waals surface area contributed by atoms with Crippen molar-refractivity contribution in [1.82, 2.24) is 19.8 Å². The first-order valence-corrected chi connectivity index (χ1v) is 16.7. The number of piperazine rings is 2. The van der Waals surface area contributed by atoms with Crippen LogP contribution in [0.2, 0.25) is 5.02 Å². The van der Waals surface area contributed by atoms with Crippen molar-refractivity contribution in [2.24, 2.45) is 0 Å². The number of terminal acetylenes is 1. The molecule has 2 saturated heterocycles. The molecule has 1 aromatic heterocycles. The molecule has 0 spiro atoms. The van der Waals surface area contributed by atoms with Gasteiger partial charge < -0.3 is 9.80 Å². The normalized spacial score (nSPS) is 17.2. The van der Waals surface area contributed by atoms with E-state index in [0.29, 0.717) is 0 Å². The maximum absolute atomic E-state index is 6.25. The molecule has 3 heterocycles. The number of hydrogen-bond donors (Lipinski definition) is 0. The first-order chi connectivity index (χ1) is 22.6. The van der Waals surface area contributed by atoms with Gasteiger partial charge in [0.2, 0.25) is 0 Å². The number of halogens is 2. The second-order valence-corrected chi connectivity index (χ2v) is 12.4. The summed E-state index contributed by atoms with van der Waals surface area (Å²) in [6.45, 7) is 10.4. The Balaban J connectivity index is 0.00000204. The average molecular weight is 654 g/mol. The van der Waals surface area contributed by atoms with Gasteiger partial charge >= 0.3 is 0 Å². The number of rotatable bonds is 9. The highest BCUT2D eigenvalue weighted by atomic mass is 35.5. The van der Waals surface area contributed by atoms with Gasteiger partial charge in [0.25, 0.3) is 0 Å². The summed E-state index contributed by atoms with van der Waals surface area (Å²) in [5.41, 5.74) is 3.58. The minimum Gasteiger partial charge on any atom is -0.368 e. The summed E-state index contributed by atoms with van der Waals surface area (Å²) >= 11 is 12.5. The largest absolute Gasteiger partial charge is 0.368 e. The number of para-hydroxylation sites is 2. The van der Waals surface area contributed by atoms with Gasteiger partial charge in [0, 0.05) is 79.5 Å². The SMILES string of the molecule is C#C.C/C=C(Cl)\C=C/CC(c1ccc(Cl)cc1)N1CCN(Cc2nc(N3CCN(c4ccccc4)CC3)c3ccccc3n2)CC1. The third-order valence-corrected chi connectivity index (χ3v) is 9.31. The fraction of sp³-hybridized carbons (Fsp3) is 0.316. The molecule has 0 N–H and O–H groups in total. The summed E-state index contributed by atoms with van der Waals surface area (Å²) in [5, 5.41) is 2.65. The minimum atomic E-state index is 0.269. The monoisotopic (exact) mass is 652 g/mol. The van der Waals surface area contributed by atoms with Crippen LogP contribution in [0, 0.1) is 12.8 Å². The van der Waals surface area contributed by atoms with Crippen LogP contribution in [0.5, 0.6) is 0 Å². The summed E-state index contributed by atoms with van der Waals surface area (Å²) < 4.78 is 0. The Labute approximate surface area is 283 Å². The van der Waals surface area contributed by atoms with Crippen molar-refractivity contribution in [1.29, 1.82) is 0 Å². The van der Waals surface area contributed by atoms with Crippen molar-refractivity contribution in [3.05, 3.63) is 119 Å². The predicted molar refractivity (Wildman–Crippen MR) is 195 cm³/mol. The maximum Gasteiger partial charge on any atom is 0.145 e. The number of benzene rings is 3. The molecule has 2 fully saturated rings. The molecule has 238 valence electrons. The van der Waals surface area contributed by atoms with Crippen LogP contribution < -0.4 is 9.80 Å². The van der Waals surface area contributed by atoms with Gasteiger partial charge in [-0.1, -0.05) is 77.8 Å². The van der Waals surface area contributed by atoms with Crippen LogP contribution in [0.3, 0.4) is 0 Å². The lowest BCUT2D eigenvalue weighted by Gasteiger charge is -2.39. The number of aromatic nitrogens is 2. The minimum absolute atomic E-state index is 0.269.